The molecule has 2 saturated heterocycles. The number of rotatable bonds is 11. The topological polar surface area (TPSA) is 170 Å². The molecule has 3 aromatic carbocycles. The summed E-state index contributed by atoms with van der Waals surface area (Å²) in [5, 5.41) is 5.59. The van der Waals surface area contributed by atoms with Crippen LogP contribution in [0.5, 0.6) is 11.5 Å². The Labute approximate surface area is 305 Å². The Kier molecular flexibility index (Phi) is 9.67. The van der Waals surface area contributed by atoms with E-state index in [1.54, 1.807) is 12.1 Å². The number of nitrogen functional groups attached to an aromatic ring is 1. The van der Waals surface area contributed by atoms with Gasteiger partial charge in [0.2, 0.25) is 5.91 Å². The molecule has 1 unspecified atom stereocenters. The highest BCUT2D eigenvalue weighted by Gasteiger charge is 2.42. The van der Waals surface area contributed by atoms with E-state index in [1.807, 2.05) is 64.2 Å². The average molecular weight is 717 g/mol. The maximum atomic E-state index is 13.1. The van der Waals surface area contributed by atoms with Gasteiger partial charge in [-0.05, 0) is 61.4 Å². The fourth-order valence-electron chi connectivity index (χ4n) is 6.91. The van der Waals surface area contributed by atoms with Crippen molar-refractivity contribution in [1.82, 2.24) is 35.2 Å². The number of piperazine rings is 1. The molecule has 3 amide bonds. The third-order valence-electron chi connectivity index (χ3n) is 9.71. The Morgan fingerprint density at radius 2 is 1.72 bits per heavy atom. The number of aryl methyl sites for hydroxylation is 1. The molecular formula is C38H38N9O6. The van der Waals surface area contributed by atoms with E-state index in [0.29, 0.717) is 86.0 Å². The first-order valence-electron chi connectivity index (χ1n) is 17.7. The molecule has 3 N–H and O–H groups in total. The SMILES string of the molecule is Nc1ncnc2c1c(-c1ccc(Oc3ccccc3)cc1)nn2CCCCCC(=O)N1CCN(c2[c]c3c(cc2)C(=O)N(C2CCONO2)C3=O)CC1. The van der Waals surface area contributed by atoms with Gasteiger partial charge in [0, 0.05) is 62.9 Å². The van der Waals surface area contributed by atoms with Gasteiger partial charge in [-0.25, -0.2) is 19.5 Å². The molecule has 1 radical (unpaired) electrons. The summed E-state index contributed by atoms with van der Waals surface area (Å²) in [7, 11) is 0. The highest BCUT2D eigenvalue weighted by molar-refractivity contribution is 6.21. The van der Waals surface area contributed by atoms with E-state index in [0.717, 1.165) is 41.2 Å². The molecule has 3 aliphatic heterocycles. The highest BCUT2D eigenvalue weighted by atomic mass is 16.9. The third-order valence-corrected chi connectivity index (χ3v) is 9.71. The highest BCUT2D eigenvalue weighted by Crippen LogP contribution is 2.33. The van der Waals surface area contributed by atoms with Crippen LogP contribution >= 0.6 is 0 Å². The Hall–Kier alpha value is -5.90. The van der Waals surface area contributed by atoms with E-state index in [9.17, 15) is 14.4 Å². The van der Waals surface area contributed by atoms with E-state index in [4.69, 9.17) is 25.2 Å². The number of benzene rings is 3. The lowest BCUT2D eigenvalue weighted by Crippen LogP contribution is -2.48. The molecule has 0 aliphatic carbocycles. The van der Waals surface area contributed by atoms with Crippen molar-refractivity contribution >= 4 is 40.3 Å². The van der Waals surface area contributed by atoms with Crippen molar-refractivity contribution in [3.63, 3.8) is 0 Å². The quantitative estimate of drug-likeness (QED) is 0.147. The number of hydrogen-bond acceptors (Lipinski definition) is 12. The zero-order valence-electron chi connectivity index (χ0n) is 28.9. The number of amides is 3. The standard InChI is InChI=1S/C38H38N9O6/c39-35-33-34(25-10-13-28(14-11-25)52-27-7-3-1-4-8-27)42-46(36(33)41-24-40-35)17-6-2-5-9-31(48)45-20-18-44(19-21-45)26-12-15-29-30(23-26)38(50)47(37(29)49)32-16-22-51-43-53-32/h1,3-4,7-8,10-15,24,32,43H,2,5-6,9,16-22H2,(H2,39,40,41). The minimum Gasteiger partial charge on any atom is -0.457 e. The predicted octanol–water partition coefficient (Wildman–Crippen LogP) is 4.36. The number of anilines is 2. The number of hydrogen-bond donors (Lipinski definition) is 2. The number of unbranched alkanes of at least 4 members (excludes halogenated alkanes) is 2. The van der Waals surface area contributed by atoms with Crippen LogP contribution in [0.25, 0.3) is 22.3 Å². The van der Waals surface area contributed by atoms with Crippen molar-refractivity contribution in [2.45, 2.75) is 44.9 Å². The molecule has 3 aliphatic rings. The number of nitrogens with two attached hydrogens (primary N) is 1. The molecule has 15 nitrogen and oxygen atoms in total. The Bertz CT molecular complexity index is 2130. The number of carbonyl (C=O) groups is 3. The summed E-state index contributed by atoms with van der Waals surface area (Å²) in [5.41, 5.74) is 12.1. The molecule has 0 spiro atoms. The number of aromatic nitrogens is 4. The van der Waals surface area contributed by atoms with Gasteiger partial charge in [-0.1, -0.05) is 30.3 Å². The van der Waals surface area contributed by atoms with Gasteiger partial charge >= 0.3 is 0 Å². The van der Waals surface area contributed by atoms with Crippen LogP contribution in [-0.2, 0) is 21.0 Å². The molecule has 1 atom stereocenters. The van der Waals surface area contributed by atoms with Gasteiger partial charge in [-0.15, -0.1) is 0 Å². The summed E-state index contributed by atoms with van der Waals surface area (Å²) in [5.74, 6) is 1.12. The predicted molar refractivity (Wildman–Crippen MR) is 193 cm³/mol. The lowest BCUT2D eigenvalue weighted by molar-refractivity contribution is -0.259. The van der Waals surface area contributed by atoms with Gasteiger partial charge < -0.3 is 20.3 Å². The maximum Gasteiger partial charge on any atom is 0.264 e. The molecule has 15 heteroatoms. The normalized spacial score (nSPS) is 17.4. The van der Waals surface area contributed by atoms with Gasteiger partial charge in [-0.2, -0.15) is 5.10 Å². The zero-order valence-corrected chi connectivity index (χ0v) is 28.9. The van der Waals surface area contributed by atoms with Crippen LogP contribution < -0.4 is 21.0 Å². The van der Waals surface area contributed by atoms with E-state index in [1.165, 1.54) is 6.33 Å². The molecule has 53 heavy (non-hydrogen) atoms. The molecule has 2 fully saturated rings. The molecule has 2 aromatic heterocycles. The number of nitrogens with one attached hydrogen (secondary N) is 1. The second kappa shape index (κ2) is 15.0. The zero-order chi connectivity index (χ0) is 36.3. The van der Waals surface area contributed by atoms with Gasteiger partial charge in [0.25, 0.3) is 11.8 Å². The maximum absolute atomic E-state index is 13.1. The first-order valence-corrected chi connectivity index (χ1v) is 17.7. The second-order valence-corrected chi connectivity index (χ2v) is 13.1. The molecule has 5 aromatic rings. The minimum absolute atomic E-state index is 0.121. The lowest BCUT2D eigenvalue weighted by Gasteiger charge is -2.36. The Morgan fingerprint density at radius 1 is 0.925 bits per heavy atom. The smallest absolute Gasteiger partial charge is 0.264 e. The number of para-hydroxylation sites is 1. The van der Waals surface area contributed by atoms with Crippen molar-refractivity contribution in [2.24, 2.45) is 0 Å². The summed E-state index contributed by atoms with van der Waals surface area (Å²) in [6.07, 6.45) is 3.95. The van der Waals surface area contributed by atoms with Crippen LogP contribution in [-0.4, -0.2) is 86.3 Å². The van der Waals surface area contributed by atoms with Crippen molar-refractivity contribution in [3.8, 4) is 22.8 Å². The van der Waals surface area contributed by atoms with E-state index < -0.39 is 18.0 Å². The number of ether oxygens (including phenoxy) is 1. The average Bonchev–Trinajstić information content (AvgIpc) is 3.69. The van der Waals surface area contributed by atoms with E-state index in [-0.39, 0.29) is 11.5 Å². The Balaban J connectivity index is 0.820. The van der Waals surface area contributed by atoms with Crippen LogP contribution in [0.3, 0.4) is 0 Å². The van der Waals surface area contributed by atoms with Gasteiger partial charge in [0.15, 0.2) is 11.9 Å². The monoisotopic (exact) mass is 716 g/mol. The molecule has 0 saturated carbocycles. The fourth-order valence-corrected chi connectivity index (χ4v) is 6.91. The molecule has 8 rings (SSSR count). The van der Waals surface area contributed by atoms with Crippen LogP contribution in [0, 0.1) is 6.07 Å². The summed E-state index contributed by atoms with van der Waals surface area (Å²) < 4.78 is 7.81. The number of carbonyl (C=O) groups excluding carboxylic acids is 3. The van der Waals surface area contributed by atoms with Crippen LogP contribution in [0.15, 0.2) is 73.1 Å². The van der Waals surface area contributed by atoms with Crippen molar-refractivity contribution < 1.29 is 28.8 Å². The number of nitrogens with zero attached hydrogens (tertiary/aromatic N) is 7. The minimum atomic E-state index is -0.745. The first kappa shape index (κ1) is 34.2. The van der Waals surface area contributed by atoms with Gasteiger partial charge in [0.05, 0.1) is 23.1 Å². The van der Waals surface area contributed by atoms with E-state index >= 15 is 0 Å². The molecule has 5 heterocycles. The third kappa shape index (κ3) is 7.01. The molecule has 0 bridgehead atoms. The summed E-state index contributed by atoms with van der Waals surface area (Å²) >= 11 is 0. The van der Waals surface area contributed by atoms with E-state index in [2.05, 4.69) is 26.6 Å². The first-order chi connectivity index (χ1) is 25.9. The summed E-state index contributed by atoms with van der Waals surface area (Å²) in [6, 6.07) is 23.9. The fraction of sp³-hybridized carbons (Fsp3) is 0.316. The number of fused-ring (bicyclic) bond motifs is 2. The molecular weight excluding hydrogens is 678 g/mol. The largest absolute Gasteiger partial charge is 0.457 e. The number of imide groups is 1. The molecule has 271 valence electrons. The summed E-state index contributed by atoms with van der Waals surface area (Å²) in [6.45, 7) is 3.26. The van der Waals surface area contributed by atoms with Crippen molar-refractivity contribution in [1.29, 1.82) is 0 Å². The van der Waals surface area contributed by atoms with Crippen LogP contribution in [0.1, 0.15) is 52.8 Å². The Morgan fingerprint density at radius 3 is 2.49 bits per heavy atom. The lowest BCUT2D eigenvalue weighted by atomic mass is 10.1. The van der Waals surface area contributed by atoms with Crippen molar-refractivity contribution in [2.75, 3.05) is 43.4 Å². The van der Waals surface area contributed by atoms with Crippen molar-refractivity contribution in [3.05, 3.63) is 90.3 Å². The van der Waals surface area contributed by atoms with Crippen LogP contribution in [0.4, 0.5) is 11.5 Å². The second-order valence-electron chi connectivity index (χ2n) is 13.1. The van der Waals surface area contributed by atoms with Gasteiger partial charge in [0.1, 0.15) is 29.3 Å². The van der Waals surface area contributed by atoms with Gasteiger partial charge in [-0.3, -0.25) is 24.1 Å². The summed E-state index contributed by atoms with van der Waals surface area (Å²) in [4.78, 5) is 63.2. The van der Waals surface area contributed by atoms with Crippen LogP contribution in [0.2, 0.25) is 0 Å².